The molecule has 0 radical (unpaired) electrons. The van der Waals surface area contributed by atoms with Crippen molar-refractivity contribution in [3.63, 3.8) is 0 Å². The minimum atomic E-state index is -0.953. The predicted octanol–water partition coefficient (Wildman–Crippen LogP) is 3.11. The van der Waals surface area contributed by atoms with Gasteiger partial charge in [0, 0.05) is 17.7 Å². The van der Waals surface area contributed by atoms with E-state index < -0.39 is 17.2 Å². The summed E-state index contributed by atoms with van der Waals surface area (Å²) in [4.78, 5) is 23.4. The third-order valence-electron chi connectivity index (χ3n) is 4.06. The molecule has 1 amide bonds. The van der Waals surface area contributed by atoms with Gasteiger partial charge < -0.3 is 10.4 Å². The molecule has 1 aliphatic carbocycles. The quantitative estimate of drug-likeness (QED) is 0.890. The molecule has 1 saturated carbocycles. The average molecular weight is 279 g/mol. The highest BCUT2D eigenvalue weighted by Gasteiger charge is 2.42. The minimum Gasteiger partial charge on any atom is -0.481 e. The fraction of sp³-hybridized carbons (Fsp3) is 0.467. The topological polar surface area (TPSA) is 66.4 Å². The van der Waals surface area contributed by atoms with Gasteiger partial charge in [-0.25, -0.2) is 4.39 Å². The highest BCUT2D eigenvalue weighted by Crippen LogP contribution is 2.41. The van der Waals surface area contributed by atoms with Crippen LogP contribution in [0.25, 0.3) is 0 Å². The van der Waals surface area contributed by atoms with E-state index in [0.717, 1.165) is 12.8 Å². The van der Waals surface area contributed by atoms with Crippen LogP contribution in [0.15, 0.2) is 18.2 Å². The lowest BCUT2D eigenvalue weighted by molar-refractivity contribution is -0.150. The number of halogens is 1. The molecule has 0 atom stereocenters. The maximum atomic E-state index is 13.4. The molecule has 0 saturated heterocycles. The van der Waals surface area contributed by atoms with Gasteiger partial charge in [-0.2, -0.15) is 0 Å². The summed E-state index contributed by atoms with van der Waals surface area (Å²) in [7, 11) is 0. The van der Waals surface area contributed by atoms with Gasteiger partial charge in [-0.3, -0.25) is 9.59 Å². The van der Waals surface area contributed by atoms with E-state index in [2.05, 4.69) is 5.32 Å². The van der Waals surface area contributed by atoms with Crippen LogP contribution in [0.1, 0.15) is 37.7 Å². The summed E-state index contributed by atoms with van der Waals surface area (Å²) in [6.45, 7) is 1.58. The third kappa shape index (κ3) is 2.81. The van der Waals surface area contributed by atoms with Crippen LogP contribution in [-0.2, 0) is 9.59 Å². The molecule has 2 rings (SSSR count). The first-order valence-corrected chi connectivity index (χ1v) is 6.73. The summed E-state index contributed by atoms with van der Waals surface area (Å²) in [5.41, 5.74) is -0.198. The van der Waals surface area contributed by atoms with Gasteiger partial charge in [0.15, 0.2) is 0 Å². The van der Waals surface area contributed by atoms with Gasteiger partial charge in [-0.15, -0.1) is 0 Å². The van der Waals surface area contributed by atoms with Crippen molar-refractivity contribution in [1.82, 2.24) is 0 Å². The SMILES string of the molecule is Cc1c(F)cccc1NC(=O)CC1(C(=O)O)CCCC1. The number of hydrogen-bond acceptors (Lipinski definition) is 2. The summed E-state index contributed by atoms with van der Waals surface area (Å²) in [5, 5.41) is 12.0. The van der Waals surface area contributed by atoms with Crippen molar-refractivity contribution in [3.05, 3.63) is 29.6 Å². The van der Waals surface area contributed by atoms with Gasteiger partial charge in [0.1, 0.15) is 5.82 Å². The number of anilines is 1. The van der Waals surface area contributed by atoms with Gasteiger partial charge in [0.05, 0.1) is 5.41 Å². The van der Waals surface area contributed by atoms with E-state index in [9.17, 15) is 19.1 Å². The Morgan fingerprint density at radius 1 is 1.35 bits per heavy atom. The van der Waals surface area contributed by atoms with E-state index in [1.54, 1.807) is 13.0 Å². The Balaban J connectivity index is 2.09. The minimum absolute atomic E-state index is 0.0573. The van der Waals surface area contributed by atoms with Crippen LogP contribution < -0.4 is 5.32 Å². The van der Waals surface area contributed by atoms with Crippen molar-refractivity contribution in [2.45, 2.75) is 39.0 Å². The Bertz CT molecular complexity index is 536. The number of carboxylic acid groups (broad SMARTS) is 1. The Morgan fingerprint density at radius 3 is 2.60 bits per heavy atom. The lowest BCUT2D eigenvalue weighted by Gasteiger charge is -2.23. The van der Waals surface area contributed by atoms with Crippen molar-refractivity contribution >= 4 is 17.6 Å². The first-order valence-electron chi connectivity index (χ1n) is 6.73. The number of nitrogens with one attached hydrogen (secondary N) is 1. The molecule has 1 fully saturated rings. The number of carboxylic acids is 1. The fourth-order valence-electron chi connectivity index (χ4n) is 2.76. The summed E-state index contributed by atoms with van der Waals surface area (Å²) in [6, 6.07) is 4.44. The van der Waals surface area contributed by atoms with Crippen LogP contribution in [0.4, 0.5) is 10.1 Å². The number of hydrogen-bond donors (Lipinski definition) is 2. The molecule has 2 N–H and O–H groups in total. The Morgan fingerprint density at radius 2 is 2.00 bits per heavy atom. The predicted molar refractivity (Wildman–Crippen MR) is 72.9 cm³/mol. The Hall–Kier alpha value is -1.91. The van der Waals surface area contributed by atoms with Crippen LogP contribution in [0, 0.1) is 18.2 Å². The fourth-order valence-corrected chi connectivity index (χ4v) is 2.76. The number of carbonyl (C=O) groups is 2. The third-order valence-corrected chi connectivity index (χ3v) is 4.06. The van der Waals surface area contributed by atoms with Crippen LogP contribution >= 0.6 is 0 Å². The molecule has 0 spiro atoms. The zero-order valence-corrected chi connectivity index (χ0v) is 11.4. The molecule has 1 aromatic rings. The molecule has 0 unspecified atom stereocenters. The second-order valence-corrected chi connectivity index (χ2v) is 5.43. The van der Waals surface area contributed by atoms with Crippen LogP contribution in [-0.4, -0.2) is 17.0 Å². The van der Waals surface area contributed by atoms with E-state index in [-0.39, 0.29) is 12.3 Å². The summed E-state index contributed by atoms with van der Waals surface area (Å²) < 4.78 is 13.4. The van der Waals surface area contributed by atoms with Crippen molar-refractivity contribution < 1.29 is 19.1 Å². The number of carbonyl (C=O) groups excluding carboxylic acids is 1. The molecule has 1 aromatic carbocycles. The molecule has 0 heterocycles. The molecule has 5 heteroatoms. The van der Waals surface area contributed by atoms with E-state index in [4.69, 9.17) is 0 Å². The van der Waals surface area contributed by atoms with Gasteiger partial charge in [-0.05, 0) is 31.9 Å². The van der Waals surface area contributed by atoms with Crippen LogP contribution in [0.2, 0.25) is 0 Å². The van der Waals surface area contributed by atoms with E-state index in [1.165, 1.54) is 12.1 Å². The number of aliphatic carboxylic acids is 1. The Kier molecular flexibility index (Phi) is 4.06. The van der Waals surface area contributed by atoms with Crippen molar-refractivity contribution in [2.24, 2.45) is 5.41 Å². The number of rotatable bonds is 4. The van der Waals surface area contributed by atoms with E-state index >= 15 is 0 Å². The summed E-state index contributed by atoms with van der Waals surface area (Å²) >= 11 is 0. The normalized spacial score (nSPS) is 16.9. The molecule has 1 aliphatic rings. The zero-order chi connectivity index (χ0) is 14.8. The Labute approximate surface area is 117 Å². The second kappa shape index (κ2) is 5.61. The number of amides is 1. The van der Waals surface area contributed by atoms with Crippen LogP contribution in [0.3, 0.4) is 0 Å². The maximum absolute atomic E-state index is 13.4. The monoisotopic (exact) mass is 279 g/mol. The van der Waals surface area contributed by atoms with E-state index in [0.29, 0.717) is 24.1 Å². The molecule has 0 bridgehead atoms. The standard InChI is InChI=1S/C15H18FNO3/c1-10-11(16)5-4-6-12(10)17-13(18)9-15(14(19)20)7-2-3-8-15/h4-6H,2-3,7-9H2,1H3,(H,17,18)(H,19,20). The average Bonchev–Trinajstić information content (AvgIpc) is 2.85. The van der Waals surface area contributed by atoms with Gasteiger partial charge in [0.25, 0.3) is 0 Å². The van der Waals surface area contributed by atoms with Crippen molar-refractivity contribution in [3.8, 4) is 0 Å². The molecule has 4 nitrogen and oxygen atoms in total. The molecule has 20 heavy (non-hydrogen) atoms. The first-order chi connectivity index (χ1) is 9.44. The van der Waals surface area contributed by atoms with Gasteiger partial charge in [0.2, 0.25) is 5.91 Å². The van der Waals surface area contributed by atoms with E-state index in [1.807, 2.05) is 0 Å². The molecular weight excluding hydrogens is 261 g/mol. The van der Waals surface area contributed by atoms with Crippen LogP contribution in [0.5, 0.6) is 0 Å². The van der Waals surface area contributed by atoms with Gasteiger partial charge in [-0.1, -0.05) is 18.9 Å². The maximum Gasteiger partial charge on any atom is 0.310 e. The highest BCUT2D eigenvalue weighted by atomic mass is 19.1. The molecule has 0 aliphatic heterocycles. The summed E-state index contributed by atoms with van der Waals surface area (Å²) in [6.07, 6.45) is 2.66. The first kappa shape index (κ1) is 14.5. The van der Waals surface area contributed by atoms with Crippen molar-refractivity contribution in [2.75, 3.05) is 5.32 Å². The number of benzene rings is 1. The molecule has 108 valence electrons. The lowest BCUT2D eigenvalue weighted by Crippen LogP contribution is -2.32. The largest absolute Gasteiger partial charge is 0.481 e. The van der Waals surface area contributed by atoms with Gasteiger partial charge >= 0.3 is 5.97 Å². The lowest BCUT2D eigenvalue weighted by atomic mass is 9.82. The molecular formula is C15H18FNO3. The highest BCUT2D eigenvalue weighted by molar-refractivity contribution is 5.94. The summed E-state index contributed by atoms with van der Waals surface area (Å²) in [5.74, 6) is -1.68. The van der Waals surface area contributed by atoms with Crippen molar-refractivity contribution in [1.29, 1.82) is 0 Å². The second-order valence-electron chi connectivity index (χ2n) is 5.43. The molecule has 0 aromatic heterocycles. The smallest absolute Gasteiger partial charge is 0.310 e. The zero-order valence-electron chi connectivity index (χ0n) is 11.4.